The largest absolute Gasteiger partial charge is 0.383 e. The van der Waals surface area contributed by atoms with Gasteiger partial charge in [0.1, 0.15) is 4.47 Å². The molecule has 0 aromatic carbocycles. The van der Waals surface area contributed by atoms with Gasteiger partial charge in [-0.3, -0.25) is 4.79 Å². The first-order chi connectivity index (χ1) is 9.22. The van der Waals surface area contributed by atoms with E-state index < -0.39 is 0 Å². The summed E-state index contributed by atoms with van der Waals surface area (Å²) in [5, 5.41) is 7.39. The predicted octanol–water partition coefficient (Wildman–Crippen LogP) is 1.92. The molecular formula is C13H21BrN4O. The van der Waals surface area contributed by atoms with Crippen molar-refractivity contribution >= 4 is 21.6 Å². The molecule has 1 fully saturated rings. The van der Waals surface area contributed by atoms with Crippen LogP contribution >= 0.6 is 15.9 Å². The van der Waals surface area contributed by atoms with Gasteiger partial charge < -0.3 is 10.2 Å². The summed E-state index contributed by atoms with van der Waals surface area (Å²) in [4.78, 5) is 14.4. The van der Waals surface area contributed by atoms with E-state index in [1.807, 2.05) is 6.92 Å². The lowest BCUT2D eigenvalue weighted by Gasteiger charge is -2.15. The number of nitrogens with zero attached hydrogens (tertiary/aromatic N) is 3. The van der Waals surface area contributed by atoms with E-state index in [1.165, 1.54) is 30.6 Å². The Labute approximate surface area is 122 Å². The summed E-state index contributed by atoms with van der Waals surface area (Å²) >= 11 is 3.34. The second-order valence-electron chi connectivity index (χ2n) is 4.82. The Bertz CT molecular complexity index is 468. The quantitative estimate of drug-likeness (QED) is 0.810. The zero-order chi connectivity index (χ0) is 13.7. The fourth-order valence-electron chi connectivity index (χ4n) is 2.35. The minimum Gasteiger partial charge on any atom is -0.383 e. The van der Waals surface area contributed by atoms with E-state index in [0.29, 0.717) is 11.0 Å². The van der Waals surface area contributed by atoms with Gasteiger partial charge in [-0.15, -0.1) is 0 Å². The third-order valence-corrected chi connectivity index (χ3v) is 4.22. The minimum atomic E-state index is -0.0768. The molecule has 0 unspecified atom stereocenters. The van der Waals surface area contributed by atoms with Crippen LogP contribution in [-0.2, 0) is 6.54 Å². The first kappa shape index (κ1) is 14.5. The lowest BCUT2D eigenvalue weighted by Crippen LogP contribution is -2.25. The van der Waals surface area contributed by atoms with Crippen LogP contribution in [0.1, 0.15) is 26.2 Å². The van der Waals surface area contributed by atoms with Gasteiger partial charge in [-0.2, -0.15) is 5.10 Å². The molecule has 1 aliphatic heterocycles. The van der Waals surface area contributed by atoms with Crippen LogP contribution in [0.2, 0.25) is 0 Å². The molecule has 0 atom stereocenters. The predicted molar refractivity (Wildman–Crippen MR) is 80.7 cm³/mol. The maximum Gasteiger partial charge on any atom is 0.283 e. The first-order valence-electron chi connectivity index (χ1n) is 6.94. The molecule has 1 N–H and O–H groups in total. The number of anilines is 1. The fourth-order valence-corrected chi connectivity index (χ4v) is 2.79. The molecule has 0 radical (unpaired) electrons. The van der Waals surface area contributed by atoms with Crippen LogP contribution < -0.4 is 10.9 Å². The Morgan fingerprint density at radius 3 is 2.84 bits per heavy atom. The second-order valence-corrected chi connectivity index (χ2v) is 5.62. The summed E-state index contributed by atoms with van der Waals surface area (Å²) < 4.78 is 2.02. The average Bonchev–Trinajstić information content (AvgIpc) is 2.92. The van der Waals surface area contributed by atoms with Crippen LogP contribution in [0.25, 0.3) is 0 Å². The minimum absolute atomic E-state index is 0.0768. The summed E-state index contributed by atoms with van der Waals surface area (Å²) in [5.74, 6) is 0. The maximum absolute atomic E-state index is 11.9. The van der Waals surface area contributed by atoms with E-state index in [2.05, 4.69) is 31.2 Å². The Hall–Kier alpha value is -0.880. The molecule has 6 heteroatoms. The Morgan fingerprint density at radius 2 is 2.16 bits per heavy atom. The molecule has 0 bridgehead atoms. The zero-order valence-electron chi connectivity index (χ0n) is 11.4. The number of rotatable bonds is 6. The van der Waals surface area contributed by atoms with Gasteiger partial charge >= 0.3 is 0 Å². The van der Waals surface area contributed by atoms with E-state index in [9.17, 15) is 4.79 Å². The van der Waals surface area contributed by atoms with E-state index in [1.54, 1.807) is 6.20 Å². The van der Waals surface area contributed by atoms with Crippen molar-refractivity contribution in [2.24, 2.45) is 0 Å². The Morgan fingerprint density at radius 1 is 1.42 bits per heavy atom. The SMILES string of the molecule is CCn1ncc(NCCCN2CCCC2)c(Br)c1=O. The van der Waals surface area contributed by atoms with Gasteiger partial charge in [0.05, 0.1) is 11.9 Å². The molecule has 1 aliphatic rings. The monoisotopic (exact) mass is 328 g/mol. The number of hydrogen-bond donors (Lipinski definition) is 1. The Balaban J connectivity index is 1.82. The highest BCUT2D eigenvalue weighted by Gasteiger charge is 2.11. The first-order valence-corrected chi connectivity index (χ1v) is 7.73. The molecule has 0 aliphatic carbocycles. The number of halogens is 1. The van der Waals surface area contributed by atoms with Crippen molar-refractivity contribution in [3.8, 4) is 0 Å². The molecule has 1 aromatic rings. The molecule has 2 rings (SSSR count). The van der Waals surface area contributed by atoms with Crippen molar-refractivity contribution in [2.45, 2.75) is 32.7 Å². The smallest absolute Gasteiger partial charge is 0.283 e. The number of likely N-dealkylation sites (tertiary alicyclic amines) is 1. The molecule has 1 aromatic heterocycles. The van der Waals surface area contributed by atoms with Gasteiger partial charge in [-0.1, -0.05) is 0 Å². The average molecular weight is 329 g/mol. The van der Waals surface area contributed by atoms with Gasteiger partial charge in [-0.25, -0.2) is 4.68 Å². The second kappa shape index (κ2) is 7.05. The van der Waals surface area contributed by atoms with Gasteiger partial charge in [-0.05, 0) is 61.8 Å². The topological polar surface area (TPSA) is 50.2 Å². The lowest BCUT2D eigenvalue weighted by atomic mass is 10.3. The summed E-state index contributed by atoms with van der Waals surface area (Å²) in [6, 6.07) is 0. The number of hydrogen-bond acceptors (Lipinski definition) is 4. The van der Waals surface area contributed by atoms with Crippen molar-refractivity contribution in [1.82, 2.24) is 14.7 Å². The van der Waals surface area contributed by atoms with Gasteiger partial charge in [0.25, 0.3) is 5.56 Å². The molecule has 1 saturated heterocycles. The van der Waals surface area contributed by atoms with Crippen LogP contribution in [-0.4, -0.2) is 40.9 Å². The molecule has 2 heterocycles. The van der Waals surface area contributed by atoms with E-state index in [0.717, 1.165) is 25.2 Å². The van der Waals surface area contributed by atoms with Crippen LogP contribution in [0, 0.1) is 0 Å². The van der Waals surface area contributed by atoms with E-state index in [4.69, 9.17) is 0 Å². The standard InChI is InChI=1S/C13H21BrN4O/c1-2-18-13(19)12(14)11(10-16-18)15-6-5-9-17-7-3-4-8-17/h10,15H,2-9H2,1H3. The summed E-state index contributed by atoms with van der Waals surface area (Å²) in [6.45, 7) is 6.96. The molecular weight excluding hydrogens is 308 g/mol. The van der Waals surface area contributed by atoms with Crippen molar-refractivity contribution < 1.29 is 0 Å². The summed E-state index contributed by atoms with van der Waals surface area (Å²) in [5.41, 5.74) is 0.711. The lowest BCUT2D eigenvalue weighted by molar-refractivity contribution is 0.337. The maximum atomic E-state index is 11.9. The zero-order valence-corrected chi connectivity index (χ0v) is 12.9. The van der Waals surface area contributed by atoms with Crippen molar-refractivity contribution in [1.29, 1.82) is 0 Å². The highest BCUT2D eigenvalue weighted by molar-refractivity contribution is 9.10. The molecule has 106 valence electrons. The number of aryl methyl sites for hydroxylation is 1. The Kier molecular flexibility index (Phi) is 5.39. The molecule has 19 heavy (non-hydrogen) atoms. The van der Waals surface area contributed by atoms with Crippen molar-refractivity contribution in [2.75, 3.05) is 31.5 Å². The molecule has 5 nitrogen and oxygen atoms in total. The van der Waals surface area contributed by atoms with Crippen LogP contribution in [0.4, 0.5) is 5.69 Å². The highest BCUT2D eigenvalue weighted by Crippen LogP contribution is 2.16. The molecule has 0 spiro atoms. The number of aromatic nitrogens is 2. The van der Waals surface area contributed by atoms with Crippen LogP contribution in [0.5, 0.6) is 0 Å². The third-order valence-electron chi connectivity index (χ3n) is 3.45. The normalized spacial score (nSPS) is 15.9. The number of nitrogens with one attached hydrogen (secondary N) is 1. The van der Waals surface area contributed by atoms with Crippen LogP contribution in [0.15, 0.2) is 15.5 Å². The van der Waals surface area contributed by atoms with Crippen molar-refractivity contribution in [3.63, 3.8) is 0 Å². The van der Waals surface area contributed by atoms with Gasteiger partial charge in [0, 0.05) is 13.1 Å². The summed E-state index contributed by atoms with van der Waals surface area (Å²) in [6.07, 6.45) is 5.46. The summed E-state index contributed by atoms with van der Waals surface area (Å²) in [7, 11) is 0. The van der Waals surface area contributed by atoms with Gasteiger partial charge in [0.15, 0.2) is 0 Å². The highest BCUT2D eigenvalue weighted by atomic mass is 79.9. The van der Waals surface area contributed by atoms with Crippen molar-refractivity contribution in [3.05, 3.63) is 21.0 Å². The van der Waals surface area contributed by atoms with E-state index in [-0.39, 0.29) is 5.56 Å². The molecule has 0 saturated carbocycles. The van der Waals surface area contributed by atoms with Crippen LogP contribution in [0.3, 0.4) is 0 Å². The molecule has 0 amide bonds. The van der Waals surface area contributed by atoms with Gasteiger partial charge in [0.2, 0.25) is 0 Å². The van der Waals surface area contributed by atoms with E-state index >= 15 is 0 Å². The fraction of sp³-hybridized carbons (Fsp3) is 0.692. The third kappa shape index (κ3) is 3.79.